The molecule has 0 aliphatic carbocycles. The van der Waals surface area contributed by atoms with Gasteiger partial charge in [0, 0.05) is 30.2 Å². The highest BCUT2D eigenvalue weighted by molar-refractivity contribution is 7.09. The molecule has 0 aromatic carbocycles. The lowest BCUT2D eigenvalue weighted by molar-refractivity contribution is -0.132. The molecule has 1 N–H and O–H groups in total. The Balaban J connectivity index is 1.63. The minimum Gasteiger partial charge on any atom is -0.337 e. The summed E-state index contributed by atoms with van der Waals surface area (Å²) in [5, 5.41) is 3.39. The SMILES string of the molecule is Cc1ncsc1CN(CC1CCNC1)C(=O)CCc1ccncc1. The second-order valence-electron chi connectivity index (χ2n) is 6.35. The molecule has 0 radical (unpaired) electrons. The van der Waals surface area contributed by atoms with Crippen LogP contribution in [-0.4, -0.2) is 40.4 Å². The molecule has 128 valence electrons. The number of amides is 1. The second kappa shape index (κ2) is 8.35. The third kappa shape index (κ3) is 4.61. The monoisotopic (exact) mass is 344 g/mol. The van der Waals surface area contributed by atoms with E-state index in [2.05, 4.69) is 15.3 Å². The number of hydrogen-bond acceptors (Lipinski definition) is 5. The average Bonchev–Trinajstić information content (AvgIpc) is 3.25. The zero-order chi connectivity index (χ0) is 16.8. The smallest absolute Gasteiger partial charge is 0.223 e. The first-order valence-electron chi connectivity index (χ1n) is 8.48. The summed E-state index contributed by atoms with van der Waals surface area (Å²) in [6, 6.07) is 3.96. The van der Waals surface area contributed by atoms with Gasteiger partial charge in [0.15, 0.2) is 0 Å². The number of thiazole rings is 1. The summed E-state index contributed by atoms with van der Waals surface area (Å²) in [4.78, 5) is 24.4. The van der Waals surface area contributed by atoms with Crippen LogP contribution in [0.5, 0.6) is 0 Å². The average molecular weight is 344 g/mol. The van der Waals surface area contributed by atoms with E-state index in [0.717, 1.165) is 43.7 Å². The van der Waals surface area contributed by atoms with Crippen molar-refractivity contribution in [1.29, 1.82) is 0 Å². The fourth-order valence-electron chi connectivity index (χ4n) is 3.05. The zero-order valence-electron chi connectivity index (χ0n) is 14.1. The molecule has 1 fully saturated rings. The topological polar surface area (TPSA) is 58.1 Å². The van der Waals surface area contributed by atoms with Crippen LogP contribution in [0.1, 0.15) is 29.0 Å². The lowest BCUT2D eigenvalue weighted by atomic mass is 10.1. The summed E-state index contributed by atoms with van der Waals surface area (Å²) in [5.41, 5.74) is 4.06. The molecule has 0 saturated carbocycles. The first-order chi connectivity index (χ1) is 11.7. The number of nitrogens with one attached hydrogen (secondary N) is 1. The highest BCUT2D eigenvalue weighted by atomic mass is 32.1. The van der Waals surface area contributed by atoms with Crippen LogP contribution in [0.3, 0.4) is 0 Å². The van der Waals surface area contributed by atoms with E-state index in [9.17, 15) is 4.79 Å². The van der Waals surface area contributed by atoms with Crippen LogP contribution in [0.2, 0.25) is 0 Å². The molecule has 1 atom stereocenters. The number of hydrogen-bond donors (Lipinski definition) is 1. The van der Waals surface area contributed by atoms with Gasteiger partial charge in [-0.3, -0.25) is 9.78 Å². The quantitative estimate of drug-likeness (QED) is 0.838. The highest BCUT2D eigenvalue weighted by Crippen LogP contribution is 2.19. The molecule has 2 aromatic rings. The van der Waals surface area contributed by atoms with Crippen molar-refractivity contribution in [1.82, 2.24) is 20.2 Å². The summed E-state index contributed by atoms with van der Waals surface area (Å²) < 4.78 is 0. The molecule has 1 aliphatic heterocycles. The molecule has 1 saturated heterocycles. The van der Waals surface area contributed by atoms with Crippen molar-refractivity contribution < 1.29 is 4.79 Å². The molecular weight excluding hydrogens is 320 g/mol. The van der Waals surface area contributed by atoms with Gasteiger partial charge in [0.05, 0.1) is 17.7 Å². The number of rotatable bonds is 7. The summed E-state index contributed by atoms with van der Waals surface area (Å²) >= 11 is 1.64. The van der Waals surface area contributed by atoms with Gasteiger partial charge in [-0.2, -0.15) is 0 Å². The van der Waals surface area contributed by atoms with Gasteiger partial charge in [0.25, 0.3) is 0 Å². The van der Waals surface area contributed by atoms with Gasteiger partial charge in [-0.15, -0.1) is 11.3 Å². The van der Waals surface area contributed by atoms with E-state index in [4.69, 9.17) is 0 Å². The van der Waals surface area contributed by atoms with E-state index in [-0.39, 0.29) is 5.91 Å². The van der Waals surface area contributed by atoms with Crippen LogP contribution in [0.25, 0.3) is 0 Å². The summed E-state index contributed by atoms with van der Waals surface area (Å²) in [5.74, 6) is 0.787. The predicted molar refractivity (Wildman–Crippen MR) is 95.8 cm³/mol. The van der Waals surface area contributed by atoms with Crippen molar-refractivity contribution in [2.45, 2.75) is 32.7 Å². The summed E-state index contributed by atoms with van der Waals surface area (Å²) in [6.07, 6.45) is 6.02. The molecule has 0 bridgehead atoms. The number of aromatic nitrogens is 2. The number of pyridine rings is 1. The molecule has 1 unspecified atom stereocenters. The lowest BCUT2D eigenvalue weighted by Crippen LogP contribution is -2.35. The van der Waals surface area contributed by atoms with Crippen LogP contribution in [0, 0.1) is 12.8 Å². The third-order valence-electron chi connectivity index (χ3n) is 4.55. The van der Waals surface area contributed by atoms with Crippen molar-refractivity contribution in [3.05, 3.63) is 46.2 Å². The largest absolute Gasteiger partial charge is 0.337 e. The highest BCUT2D eigenvalue weighted by Gasteiger charge is 2.22. The van der Waals surface area contributed by atoms with Gasteiger partial charge < -0.3 is 10.2 Å². The maximum Gasteiger partial charge on any atom is 0.223 e. The van der Waals surface area contributed by atoms with Gasteiger partial charge in [-0.05, 0) is 56.5 Å². The number of carbonyl (C=O) groups excluding carboxylic acids is 1. The van der Waals surface area contributed by atoms with Gasteiger partial charge in [0.1, 0.15) is 0 Å². The molecule has 3 heterocycles. The molecule has 0 spiro atoms. The van der Waals surface area contributed by atoms with E-state index in [1.54, 1.807) is 23.7 Å². The molecule has 2 aromatic heterocycles. The van der Waals surface area contributed by atoms with Crippen molar-refractivity contribution in [2.75, 3.05) is 19.6 Å². The normalized spacial score (nSPS) is 17.1. The number of aryl methyl sites for hydroxylation is 2. The minimum absolute atomic E-state index is 0.228. The first kappa shape index (κ1) is 17.0. The maximum atomic E-state index is 12.8. The van der Waals surface area contributed by atoms with Crippen LogP contribution in [0.4, 0.5) is 0 Å². The Hall–Kier alpha value is -1.79. The van der Waals surface area contributed by atoms with E-state index < -0.39 is 0 Å². The molecule has 1 aliphatic rings. The van der Waals surface area contributed by atoms with Crippen molar-refractivity contribution in [2.24, 2.45) is 5.92 Å². The van der Waals surface area contributed by atoms with Crippen molar-refractivity contribution >= 4 is 17.2 Å². The van der Waals surface area contributed by atoms with Crippen LogP contribution >= 0.6 is 11.3 Å². The van der Waals surface area contributed by atoms with Gasteiger partial charge >= 0.3 is 0 Å². The molecule has 5 nitrogen and oxygen atoms in total. The van der Waals surface area contributed by atoms with E-state index in [1.165, 1.54) is 4.88 Å². The van der Waals surface area contributed by atoms with Crippen LogP contribution in [0.15, 0.2) is 30.0 Å². The number of carbonyl (C=O) groups is 1. The summed E-state index contributed by atoms with van der Waals surface area (Å²) in [7, 11) is 0. The van der Waals surface area contributed by atoms with Gasteiger partial charge in [-0.1, -0.05) is 0 Å². The third-order valence-corrected chi connectivity index (χ3v) is 5.47. The zero-order valence-corrected chi connectivity index (χ0v) is 14.9. The van der Waals surface area contributed by atoms with E-state index >= 15 is 0 Å². The molecule has 6 heteroatoms. The molecule has 1 amide bonds. The Morgan fingerprint density at radius 3 is 2.92 bits per heavy atom. The Labute approximate surface area is 147 Å². The second-order valence-corrected chi connectivity index (χ2v) is 7.29. The Kier molecular flexibility index (Phi) is 5.93. The fraction of sp³-hybridized carbons (Fsp3) is 0.500. The fourth-order valence-corrected chi connectivity index (χ4v) is 3.84. The van der Waals surface area contributed by atoms with Crippen LogP contribution < -0.4 is 5.32 Å². The molecular formula is C18H24N4OS. The number of nitrogens with zero attached hydrogens (tertiary/aromatic N) is 3. The van der Waals surface area contributed by atoms with Crippen LogP contribution in [-0.2, 0) is 17.8 Å². The standard InChI is InChI=1S/C18H24N4OS/c1-14-17(24-13-21-14)12-22(11-16-6-9-20-10-16)18(23)3-2-15-4-7-19-8-5-15/h4-5,7-8,13,16,20H,2-3,6,9-12H2,1H3. The predicted octanol–water partition coefficient (Wildman–Crippen LogP) is 2.42. The Morgan fingerprint density at radius 1 is 1.42 bits per heavy atom. The van der Waals surface area contributed by atoms with Gasteiger partial charge in [-0.25, -0.2) is 4.98 Å². The Morgan fingerprint density at radius 2 is 2.25 bits per heavy atom. The first-order valence-corrected chi connectivity index (χ1v) is 9.36. The van der Waals surface area contributed by atoms with E-state index in [0.29, 0.717) is 18.9 Å². The summed E-state index contributed by atoms with van der Waals surface area (Å²) in [6.45, 7) is 5.60. The van der Waals surface area contributed by atoms with Gasteiger partial charge in [0.2, 0.25) is 5.91 Å². The van der Waals surface area contributed by atoms with Crippen molar-refractivity contribution in [3.8, 4) is 0 Å². The van der Waals surface area contributed by atoms with Crippen molar-refractivity contribution in [3.63, 3.8) is 0 Å². The Bertz CT molecular complexity index is 652. The molecule has 3 rings (SSSR count). The minimum atomic E-state index is 0.228. The lowest BCUT2D eigenvalue weighted by Gasteiger charge is -2.25. The van der Waals surface area contributed by atoms with E-state index in [1.807, 2.05) is 29.5 Å². The maximum absolute atomic E-state index is 12.8. The molecule has 24 heavy (non-hydrogen) atoms.